The molecule has 5 nitrogen and oxygen atoms in total. The standard InChI is InChI=1S/C15H19FN2O3/c1-10(17-20)13-6-5-12(16)9-14(13)21-11(2)15(19)18-7-3-4-8-18/h5-6,9,11,20H,3-4,7-8H2,1-2H3. The van der Waals surface area contributed by atoms with Crippen molar-refractivity contribution in [2.75, 3.05) is 13.1 Å². The van der Waals surface area contributed by atoms with Crippen LogP contribution in [-0.2, 0) is 4.79 Å². The Balaban J connectivity index is 2.17. The topological polar surface area (TPSA) is 62.1 Å². The molecule has 114 valence electrons. The summed E-state index contributed by atoms with van der Waals surface area (Å²) in [4.78, 5) is 14.0. The third-order valence-corrected chi connectivity index (χ3v) is 3.55. The monoisotopic (exact) mass is 294 g/mol. The lowest BCUT2D eigenvalue weighted by Gasteiger charge is -2.22. The molecule has 1 aromatic rings. The van der Waals surface area contributed by atoms with Gasteiger partial charge in [0.1, 0.15) is 11.6 Å². The highest BCUT2D eigenvalue weighted by Gasteiger charge is 2.25. The smallest absolute Gasteiger partial charge is 0.263 e. The minimum Gasteiger partial charge on any atom is -0.480 e. The van der Waals surface area contributed by atoms with Crippen LogP contribution in [0.15, 0.2) is 23.4 Å². The van der Waals surface area contributed by atoms with Crippen molar-refractivity contribution in [3.63, 3.8) is 0 Å². The molecule has 1 atom stereocenters. The normalized spacial score (nSPS) is 16.9. The van der Waals surface area contributed by atoms with Crippen LogP contribution in [0.25, 0.3) is 0 Å². The summed E-state index contributed by atoms with van der Waals surface area (Å²) >= 11 is 0. The van der Waals surface area contributed by atoms with E-state index in [9.17, 15) is 9.18 Å². The molecule has 0 radical (unpaired) electrons. The Bertz CT molecular complexity index is 554. The van der Waals surface area contributed by atoms with Gasteiger partial charge in [-0.2, -0.15) is 0 Å². The molecule has 1 aliphatic heterocycles. The maximum Gasteiger partial charge on any atom is 0.263 e. The van der Waals surface area contributed by atoms with E-state index in [2.05, 4.69) is 5.16 Å². The highest BCUT2D eigenvalue weighted by atomic mass is 19.1. The highest BCUT2D eigenvalue weighted by Crippen LogP contribution is 2.23. The van der Waals surface area contributed by atoms with Gasteiger partial charge in [-0.3, -0.25) is 4.79 Å². The van der Waals surface area contributed by atoms with E-state index in [0.717, 1.165) is 25.9 Å². The third kappa shape index (κ3) is 3.51. The summed E-state index contributed by atoms with van der Waals surface area (Å²) in [6.45, 7) is 4.69. The maximum atomic E-state index is 13.4. The summed E-state index contributed by atoms with van der Waals surface area (Å²) in [6.07, 6.45) is 1.29. The van der Waals surface area contributed by atoms with E-state index in [1.54, 1.807) is 18.7 Å². The molecule has 1 N–H and O–H groups in total. The van der Waals surface area contributed by atoms with Gasteiger partial charge in [-0.25, -0.2) is 4.39 Å². The minimum absolute atomic E-state index is 0.110. The zero-order valence-electron chi connectivity index (χ0n) is 12.2. The van der Waals surface area contributed by atoms with Gasteiger partial charge in [0.05, 0.1) is 5.71 Å². The number of hydrogen-bond donors (Lipinski definition) is 1. The molecule has 0 aliphatic carbocycles. The molecule has 0 aromatic heterocycles. The van der Waals surface area contributed by atoms with Crippen LogP contribution < -0.4 is 4.74 Å². The quantitative estimate of drug-likeness (QED) is 0.527. The van der Waals surface area contributed by atoms with Crippen molar-refractivity contribution in [2.45, 2.75) is 32.8 Å². The van der Waals surface area contributed by atoms with Crippen molar-refractivity contribution in [3.05, 3.63) is 29.6 Å². The minimum atomic E-state index is -0.713. The van der Waals surface area contributed by atoms with E-state index >= 15 is 0 Å². The van der Waals surface area contributed by atoms with Gasteiger partial charge in [0.25, 0.3) is 5.91 Å². The molecule has 0 bridgehead atoms. The predicted octanol–water partition coefficient (Wildman–Crippen LogP) is 2.41. The molecule has 21 heavy (non-hydrogen) atoms. The van der Waals surface area contributed by atoms with Gasteiger partial charge >= 0.3 is 0 Å². The summed E-state index contributed by atoms with van der Waals surface area (Å²) < 4.78 is 19.0. The number of amides is 1. The van der Waals surface area contributed by atoms with Gasteiger partial charge < -0.3 is 14.8 Å². The first-order valence-electron chi connectivity index (χ1n) is 6.97. The molecule has 0 saturated carbocycles. The number of likely N-dealkylation sites (tertiary alicyclic amines) is 1. The lowest BCUT2D eigenvalue weighted by Crippen LogP contribution is -2.38. The Morgan fingerprint density at radius 3 is 2.71 bits per heavy atom. The first-order chi connectivity index (χ1) is 10.0. The molecular formula is C15H19FN2O3. The van der Waals surface area contributed by atoms with Crippen molar-refractivity contribution in [3.8, 4) is 5.75 Å². The highest BCUT2D eigenvalue weighted by molar-refractivity contribution is 6.00. The summed E-state index contributed by atoms with van der Waals surface area (Å²) in [5.41, 5.74) is 0.755. The fourth-order valence-corrected chi connectivity index (χ4v) is 2.38. The van der Waals surface area contributed by atoms with E-state index in [1.165, 1.54) is 18.2 Å². The van der Waals surface area contributed by atoms with Gasteiger partial charge in [-0.15, -0.1) is 0 Å². The van der Waals surface area contributed by atoms with E-state index in [-0.39, 0.29) is 11.7 Å². The summed E-state index contributed by atoms with van der Waals surface area (Å²) in [7, 11) is 0. The van der Waals surface area contributed by atoms with Crippen molar-refractivity contribution in [1.29, 1.82) is 0 Å². The first kappa shape index (κ1) is 15.3. The molecule has 1 aliphatic rings. The Morgan fingerprint density at radius 1 is 1.43 bits per heavy atom. The zero-order chi connectivity index (χ0) is 15.4. The SMILES string of the molecule is CC(=NO)c1ccc(F)cc1OC(C)C(=O)N1CCCC1. The molecular weight excluding hydrogens is 275 g/mol. The number of rotatable bonds is 4. The van der Waals surface area contributed by atoms with Crippen molar-refractivity contribution in [1.82, 2.24) is 4.90 Å². The molecule has 1 aromatic carbocycles. The number of halogens is 1. The van der Waals surface area contributed by atoms with Crippen LogP contribution >= 0.6 is 0 Å². The number of benzene rings is 1. The van der Waals surface area contributed by atoms with Gasteiger partial charge in [-0.05, 0) is 38.8 Å². The van der Waals surface area contributed by atoms with E-state index in [1.807, 2.05) is 0 Å². The number of oxime groups is 1. The molecule has 1 unspecified atom stereocenters. The van der Waals surface area contributed by atoms with Crippen LogP contribution in [0, 0.1) is 5.82 Å². The number of carbonyl (C=O) groups excluding carboxylic acids is 1. The van der Waals surface area contributed by atoms with Crippen LogP contribution in [0.3, 0.4) is 0 Å². The Hall–Kier alpha value is -2.11. The Morgan fingerprint density at radius 2 is 2.10 bits per heavy atom. The second-order valence-corrected chi connectivity index (χ2v) is 5.12. The predicted molar refractivity (Wildman–Crippen MR) is 76.3 cm³/mol. The van der Waals surface area contributed by atoms with E-state index in [0.29, 0.717) is 11.3 Å². The molecule has 1 heterocycles. The second kappa shape index (κ2) is 6.56. The largest absolute Gasteiger partial charge is 0.480 e. The zero-order valence-corrected chi connectivity index (χ0v) is 12.2. The van der Waals surface area contributed by atoms with E-state index < -0.39 is 11.9 Å². The molecule has 6 heteroatoms. The van der Waals surface area contributed by atoms with Crippen molar-refractivity contribution < 1.29 is 19.1 Å². The van der Waals surface area contributed by atoms with Crippen molar-refractivity contribution >= 4 is 11.6 Å². The fourth-order valence-electron chi connectivity index (χ4n) is 2.38. The molecule has 1 saturated heterocycles. The van der Waals surface area contributed by atoms with Crippen LogP contribution in [0.1, 0.15) is 32.3 Å². The lowest BCUT2D eigenvalue weighted by atomic mass is 10.1. The first-order valence-corrected chi connectivity index (χ1v) is 6.97. The van der Waals surface area contributed by atoms with Gasteiger partial charge in [0.15, 0.2) is 6.10 Å². The lowest BCUT2D eigenvalue weighted by molar-refractivity contribution is -0.136. The number of carbonyl (C=O) groups is 1. The molecule has 2 rings (SSSR count). The van der Waals surface area contributed by atoms with E-state index in [4.69, 9.17) is 9.94 Å². The third-order valence-electron chi connectivity index (χ3n) is 3.55. The molecule has 0 spiro atoms. The second-order valence-electron chi connectivity index (χ2n) is 5.12. The summed E-state index contributed by atoms with van der Waals surface area (Å²) in [5.74, 6) is -0.382. The maximum absolute atomic E-state index is 13.4. The van der Waals surface area contributed by atoms with Crippen molar-refractivity contribution in [2.24, 2.45) is 5.16 Å². The Kier molecular flexibility index (Phi) is 4.77. The summed E-state index contributed by atoms with van der Waals surface area (Å²) in [6, 6.07) is 3.91. The van der Waals surface area contributed by atoms with Crippen LogP contribution in [-0.4, -0.2) is 40.9 Å². The van der Waals surface area contributed by atoms with Crippen LogP contribution in [0.2, 0.25) is 0 Å². The van der Waals surface area contributed by atoms with Gasteiger partial charge in [-0.1, -0.05) is 5.16 Å². The average Bonchev–Trinajstić information content (AvgIpc) is 3.00. The Labute approximate surface area is 123 Å². The average molecular weight is 294 g/mol. The number of nitrogens with zero attached hydrogens (tertiary/aromatic N) is 2. The van der Waals surface area contributed by atoms with Crippen LogP contribution in [0.4, 0.5) is 4.39 Å². The summed E-state index contributed by atoms with van der Waals surface area (Å²) in [5, 5.41) is 12.0. The molecule has 1 amide bonds. The van der Waals surface area contributed by atoms with Gasteiger partial charge in [0.2, 0.25) is 0 Å². The fraction of sp³-hybridized carbons (Fsp3) is 0.467. The van der Waals surface area contributed by atoms with Crippen LogP contribution in [0.5, 0.6) is 5.75 Å². The molecule has 1 fully saturated rings. The number of ether oxygens (including phenoxy) is 1. The van der Waals surface area contributed by atoms with Gasteiger partial charge in [0, 0.05) is 24.7 Å². The number of hydrogen-bond acceptors (Lipinski definition) is 4.